The number of rotatable bonds is 2. The number of nitrogens with one attached hydrogen (secondary N) is 1. The van der Waals surface area contributed by atoms with E-state index in [1.165, 1.54) is 11.1 Å². The predicted molar refractivity (Wildman–Crippen MR) is 113 cm³/mol. The second kappa shape index (κ2) is 7.37. The molecule has 1 aromatic carbocycles. The van der Waals surface area contributed by atoms with Gasteiger partial charge in [0.05, 0.1) is 17.0 Å². The number of benzene rings is 1. The molecule has 136 valence electrons. The quantitative estimate of drug-likeness (QED) is 0.626. The number of aryl methyl sites for hydroxylation is 2. The molecule has 0 saturated carbocycles. The lowest BCUT2D eigenvalue weighted by atomic mass is 9.98. The molecule has 3 aromatic rings. The number of halogens is 1. The summed E-state index contributed by atoms with van der Waals surface area (Å²) in [6.07, 6.45) is 1.78. The number of aromatic nitrogens is 3. The van der Waals surface area contributed by atoms with Crippen LogP contribution in [-0.2, 0) is 7.05 Å². The molecule has 0 amide bonds. The summed E-state index contributed by atoms with van der Waals surface area (Å²) in [5.41, 5.74) is 5.23. The molecule has 0 unspecified atom stereocenters. The van der Waals surface area contributed by atoms with Gasteiger partial charge in [-0.05, 0) is 42.3 Å². The lowest BCUT2D eigenvalue weighted by molar-refractivity contribution is 0.766. The molecule has 0 fully saturated rings. The van der Waals surface area contributed by atoms with E-state index in [1.54, 1.807) is 18.0 Å². The topological polar surface area (TPSA) is 66.5 Å². The van der Waals surface area contributed by atoms with Gasteiger partial charge in [-0.1, -0.05) is 28.1 Å². The highest BCUT2D eigenvalue weighted by Crippen LogP contribution is 2.47. The highest BCUT2D eigenvalue weighted by Gasteiger charge is 2.32. The van der Waals surface area contributed by atoms with E-state index >= 15 is 0 Å². The van der Waals surface area contributed by atoms with Gasteiger partial charge in [-0.25, -0.2) is 0 Å². The molecule has 0 saturated heterocycles. The molecule has 2 atom stereocenters. The average Bonchev–Trinajstić information content (AvgIpc) is 2.86. The number of thioether (sulfide) groups is 1. The Morgan fingerprint density at radius 2 is 2.19 bits per heavy atom. The summed E-state index contributed by atoms with van der Waals surface area (Å²) in [6, 6.07) is 14.3. The number of fused-ring (bicyclic) bond motifs is 1. The van der Waals surface area contributed by atoms with Crippen molar-refractivity contribution in [1.29, 1.82) is 5.26 Å². The van der Waals surface area contributed by atoms with Gasteiger partial charge in [0.25, 0.3) is 0 Å². The number of hydrogen-bond donors (Lipinski definition) is 1. The third-order valence-corrected chi connectivity index (χ3v) is 6.51. The fraction of sp³-hybridized carbons (Fsp3) is 0.250. The largest absolute Gasteiger partial charge is 0.354 e. The van der Waals surface area contributed by atoms with Gasteiger partial charge in [-0.2, -0.15) is 10.4 Å². The predicted octanol–water partition coefficient (Wildman–Crippen LogP) is 4.69. The minimum Gasteiger partial charge on any atom is -0.354 e. The van der Waals surface area contributed by atoms with Crippen molar-refractivity contribution in [1.82, 2.24) is 14.8 Å². The molecule has 0 spiro atoms. The van der Waals surface area contributed by atoms with Crippen LogP contribution in [0.2, 0.25) is 0 Å². The number of nitrogens with zero attached hydrogens (tertiary/aromatic N) is 4. The van der Waals surface area contributed by atoms with Crippen molar-refractivity contribution in [2.75, 3.05) is 11.1 Å². The molecule has 0 radical (unpaired) electrons. The van der Waals surface area contributed by atoms with Crippen LogP contribution in [0.1, 0.15) is 21.9 Å². The van der Waals surface area contributed by atoms with E-state index in [2.05, 4.69) is 57.4 Å². The zero-order valence-electron chi connectivity index (χ0n) is 15.0. The van der Waals surface area contributed by atoms with Crippen molar-refractivity contribution in [2.45, 2.75) is 18.2 Å². The Balaban J connectivity index is 1.94. The first-order chi connectivity index (χ1) is 13.1. The Hall–Kier alpha value is -2.30. The first-order valence-electron chi connectivity index (χ1n) is 8.60. The number of hydrogen-bond acceptors (Lipinski definition) is 5. The molecule has 0 bridgehead atoms. The van der Waals surface area contributed by atoms with E-state index in [9.17, 15) is 5.26 Å². The van der Waals surface area contributed by atoms with E-state index in [4.69, 9.17) is 5.10 Å². The minimum atomic E-state index is -0.263. The maximum absolute atomic E-state index is 9.53. The van der Waals surface area contributed by atoms with Crippen molar-refractivity contribution in [2.24, 2.45) is 7.05 Å². The van der Waals surface area contributed by atoms with Gasteiger partial charge < -0.3 is 5.32 Å². The van der Waals surface area contributed by atoms with Crippen molar-refractivity contribution in [3.8, 4) is 17.5 Å². The van der Waals surface area contributed by atoms with Crippen molar-refractivity contribution < 1.29 is 0 Å². The van der Waals surface area contributed by atoms with Crippen molar-refractivity contribution in [3.05, 3.63) is 63.8 Å². The van der Waals surface area contributed by atoms with Crippen LogP contribution < -0.4 is 5.32 Å². The first-order valence-corrected chi connectivity index (χ1v) is 10.4. The summed E-state index contributed by atoms with van der Waals surface area (Å²) in [5, 5.41) is 17.7. The van der Waals surface area contributed by atoms with Gasteiger partial charge in [-0.3, -0.25) is 9.67 Å². The standard InChI is InChI=1S/C20H18BrN5S/c1-12-9-13(21)6-7-15(12)19-17-18(16-5-3-4-8-23-16)25-26(2)20(17)24-14(10-22)11-27-19/h3-9,14,19,24H,11H2,1-2H3/t14-,19+/m1/s1. The Morgan fingerprint density at radius 3 is 2.89 bits per heavy atom. The Kier molecular flexibility index (Phi) is 4.94. The molecule has 27 heavy (non-hydrogen) atoms. The average molecular weight is 440 g/mol. The molecule has 4 rings (SSSR count). The van der Waals surface area contributed by atoms with Crippen LogP contribution in [0.4, 0.5) is 5.82 Å². The molecule has 3 heterocycles. The number of pyridine rings is 1. The summed E-state index contributed by atoms with van der Waals surface area (Å²) in [4.78, 5) is 4.52. The summed E-state index contributed by atoms with van der Waals surface area (Å²) in [5.74, 6) is 1.59. The van der Waals surface area contributed by atoms with Crippen LogP contribution in [0.15, 0.2) is 47.1 Å². The molecule has 2 aromatic heterocycles. The smallest absolute Gasteiger partial charge is 0.130 e. The molecule has 0 aliphatic carbocycles. The SMILES string of the molecule is Cc1cc(Br)ccc1[C@@H]1SC[C@@H](C#N)Nc2c1c(-c1ccccn1)nn2C. The van der Waals surface area contributed by atoms with Gasteiger partial charge in [-0.15, -0.1) is 11.8 Å². The highest BCUT2D eigenvalue weighted by molar-refractivity contribution is 9.10. The molecule has 1 aliphatic heterocycles. The Bertz CT molecular complexity index is 1020. The lowest BCUT2D eigenvalue weighted by Crippen LogP contribution is -2.20. The van der Waals surface area contributed by atoms with Crippen LogP contribution in [-0.4, -0.2) is 26.6 Å². The third-order valence-electron chi connectivity index (χ3n) is 4.66. The van der Waals surface area contributed by atoms with E-state index in [-0.39, 0.29) is 11.3 Å². The van der Waals surface area contributed by atoms with Crippen LogP contribution in [0.3, 0.4) is 0 Å². The van der Waals surface area contributed by atoms with Gasteiger partial charge in [0.2, 0.25) is 0 Å². The van der Waals surface area contributed by atoms with Crippen molar-refractivity contribution >= 4 is 33.5 Å². The van der Waals surface area contributed by atoms with E-state index in [0.29, 0.717) is 5.75 Å². The highest BCUT2D eigenvalue weighted by atomic mass is 79.9. The fourth-order valence-electron chi connectivity index (χ4n) is 3.38. The van der Waals surface area contributed by atoms with Gasteiger partial charge in [0, 0.05) is 29.0 Å². The van der Waals surface area contributed by atoms with Gasteiger partial charge in [0.1, 0.15) is 17.6 Å². The fourth-order valence-corrected chi connectivity index (χ4v) is 5.23. The van der Waals surface area contributed by atoms with E-state index in [1.807, 2.05) is 29.9 Å². The number of nitriles is 1. The molecule has 1 aliphatic rings. The summed E-state index contributed by atoms with van der Waals surface area (Å²) < 4.78 is 2.89. The molecule has 1 N–H and O–H groups in total. The van der Waals surface area contributed by atoms with Gasteiger partial charge in [0.15, 0.2) is 0 Å². The third kappa shape index (κ3) is 3.35. The summed E-state index contributed by atoms with van der Waals surface area (Å²) in [7, 11) is 1.91. The molecular formula is C20H18BrN5S. The normalized spacial score (nSPS) is 18.9. The first kappa shape index (κ1) is 18.1. The second-order valence-corrected chi connectivity index (χ2v) is 8.54. The van der Waals surface area contributed by atoms with Crippen LogP contribution >= 0.6 is 27.7 Å². The van der Waals surface area contributed by atoms with Crippen LogP contribution in [0.5, 0.6) is 0 Å². The minimum absolute atomic E-state index is 0.0738. The van der Waals surface area contributed by atoms with Gasteiger partial charge >= 0.3 is 0 Å². The van der Waals surface area contributed by atoms with E-state index in [0.717, 1.165) is 27.2 Å². The maximum atomic E-state index is 9.53. The molecule has 5 nitrogen and oxygen atoms in total. The zero-order valence-corrected chi connectivity index (χ0v) is 17.4. The monoisotopic (exact) mass is 439 g/mol. The summed E-state index contributed by atoms with van der Waals surface area (Å²) in [6.45, 7) is 2.12. The van der Waals surface area contributed by atoms with E-state index < -0.39 is 0 Å². The zero-order chi connectivity index (χ0) is 19.0. The van der Waals surface area contributed by atoms with Crippen LogP contribution in [0.25, 0.3) is 11.4 Å². The lowest BCUT2D eigenvalue weighted by Gasteiger charge is -2.18. The maximum Gasteiger partial charge on any atom is 0.130 e. The molecule has 7 heteroatoms. The Labute approximate surface area is 170 Å². The summed E-state index contributed by atoms with van der Waals surface area (Å²) >= 11 is 5.33. The molecular weight excluding hydrogens is 422 g/mol. The Morgan fingerprint density at radius 1 is 1.33 bits per heavy atom. The van der Waals surface area contributed by atoms with Crippen molar-refractivity contribution in [3.63, 3.8) is 0 Å². The second-order valence-electron chi connectivity index (χ2n) is 6.49. The number of anilines is 1. The van der Waals surface area contributed by atoms with Crippen LogP contribution in [0, 0.1) is 18.3 Å².